The maximum absolute atomic E-state index is 15.0. The van der Waals surface area contributed by atoms with E-state index < -0.39 is 35.2 Å². The molecule has 1 fully saturated rings. The van der Waals surface area contributed by atoms with Crippen LogP contribution in [-0.2, 0) is 12.1 Å². The lowest BCUT2D eigenvalue weighted by molar-refractivity contribution is -0.0563. The maximum atomic E-state index is 15.0. The predicted molar refractivity (Wildman–Crippen MR) is 159 cm³/mol. The van der Waals surface area contributed by atoms with E-state index in [1.54, 1.807) is 49.2 Å². The summed E-state index contributed by atoms with van der Waals surface area (Å²) in [6.45, 7) is 2.88. The Morgan fingerprint density at radius 2 is 1.93 bits per heavy atom. The van der Waals surface area contributed by atoms with Gasteiger partial charge in [-0.15, -0.1) is 0 Å². The summed E-state index contributed by atoms with van der Waals surface area (Å²) in [5, 5.41) is 27.2. The topological polar surface area (TPSA) is 102 Å². The molecule has 224 valence electrons. The summed E-state index contributed by atoms with van der Waals surface area (Å²) in [6, 6.07) is 14.2. The van der Waals surface area contributed by atoms with Crippen LogP contribution < -0.4 is 10.6 Å². The highest BCUT2D eigenvalue weighted by atomic mass is 35.5. The van der Waals surface area contributed by atoms with Gasteiger partial charge in [-0.3, -0.25) is 4.79 Å². The normalized spacial score (nSPS) is 16.6. The molecule has 0 aromatic heterocycles. The molecule has 3 aromatic carbocycles. The lowest BCUT2D eigenvalue weighted by Crippen LogP contribution is -2.48. The molecule has 4 N–H and O–H groups in total. The minimum absolute atomic E-state index is 0.0385. The molecule has 4 rings (SSSR count). The zero-order valence-corrected chi connectivity index (χ0v) is 24.5. The third-order valence-electron chi connectivity index (χ3n) is 7.85. The molecule has 10 heteroatoms. The van der Waals surface area contributed by atoms with Gasteiger partial charge in [-0.2, -0.15) is 0 Å². The third-order valence-corrected chi connectivity index (χ3v) is 8.17. The summed E-state index contributed by atoms with van der Waals surface area (Å²) in [6.07, 6.45) is 0.400. The average molecular weight is 600 g/mol. The van der Waals surface area contributed by atoms with Crippen LogP contribution in [0.2, 0.25) is 5.02 Å². The molecule has 7 nitrogen and oxygen atoms in total. The molecule has 42 heavy (non-hydrogen) atoms. The Labute approximate surface area is 249 Å². The second kappa shape index (κ2) is 13.6. The van der Waals surface area contributed by atoms with Gasteiger partial charge in [-0.1, -0.05) is 35.9 Å². The third kappa shape index (κ3) is 7.09. The highest BCUT2D eigenvalue weighted by Gasteiger charge is 2.43. The fourth-order valence-corrected chi connectivity index (χ4v) is 6.22. The van der Waals surface area contributed by atoms with Crippen LogP contribution in [0.3, 0.4) is 0 Å². The van der Waals surface area contributed by atoms with E-state index in [2.05, 4.69) is 10.6 Å². The van der Waals surface area contributed by atoms with Crippen molar-refractivity contribution in [2.24, 2.45) is 5.92 Å². The molecule has 0 bridgehead atoms. The number of aryl methyl sites for hydroxylation is 1. The zero-order valence-electron chi connectivity index (χ0n) is 23.7. The largest absolute Gasteiger partial charge is 0.465 e. The Hall–Kier alpha value is -3.53. The van der Waals surface area contributed by atoms with Crippen LogP contribution in [0.15, 0.2) is 54.6 Å². The number of carboxylic acid groups (broad SMARTS) is 1. The van der Waals surface area contributed by atoms with Crippen LogP contribution in [0, 0.1) is 24.5 Å². The molecule has 0 aliphatic carbocycles. The van der Waals surface area contributed by atoms with Gasteiger partial charge < -0.3 is 25.7 Å². The number of amides is 2. The van der Waals surface area contributed by atoms with Gasteiger partial charge >= 0.3 is 6.09 Å². The minimum Gasteiger partial charge on any atom is -0.465 e. The van der Waals surface area contributed by atoms with Crippen molar-refractivity contribution in [3.63, 3.8) is 0 Å². The zero-order chi connectivity index (χ0) is 30.4. The Morgan fingerprint density at radius 3 is 2.62 bits per heavy atom. The molecule has 1 heterocycles. The van der Waals surface area contributed by atoms with Crippen LogP contribution >= 0.6 is 11.6 Å². The molecule has 1 aliphatic heterocycles. The van der Waals surface area contributed by atoms with E-state index >= 15 is 0 Å². The first-order chi connectivity index (χ1) is 20.0. The number of likely N-dealkylation sites (tertiary alicyclic amines) is 1. The first-order valence-corrected chi connectivity index (χ1v) is 14.4. The monoisotopic (exact) mass is 599 g/mol. The Morgan fingerprint density at radius 1 is 1.14 bits per heavy atom. The van der Waals surface area contributed by atoms with Crippen molar-refractivity contribution in [3.8, 4) is 11.1 Å². The van der Waals surface area contributed by atoms with Crippen molar-refractivity contribution in [1.29, 1.82) is 0 Å². The van der Waals surface area contributed by atoms with Crippen LogP contribution in [0.5, 0.6) is 0 Å². The van der Waals surface area contributed by atoms with E-state index in [1.807, 2.05) is 0 Å². The van der Waals surface area contributed by atoms with Gasteiger partial charge in [0.25, 0.3) is 5.91 Å². The van der Waals surface area contributed by atoms with Crippen molar-refractivity contribution in [3.05, 3.63) is 93.5 Å². The average Bonchev–Trinajstić information content (AvgIpc) is 2.94. The quantitative estimate of drug-likeness (QED) is 0.211. The summed E-state index contributed by atoms with van der Waals surface area (Å²) in [7, 11) is 1.75. The molecule has 1 aliphatic rings. The highest BCUT2D eigenvalue weighted by molar-refractivity contribution is 6.33. The fraction of sp³-hybridized carbons (Fsp3) is 0.375. The van der Waals surface area contributed by atoms with E-state index in [-0.39, 0.29) is 25.1 Å². The maximum Gasteiger partial charge on any atom is 0.404 e. The number of piperidine rings is 1. The van der Waals surface area contributed by atoms with Gasteiger partial charge in [-0.05, 0) is 92.2 Å². The summed E-state index contributed by atoms with van der Waals surface area (Å²) in [5.41, 5.74) is 1.25. The van der Waals surface area contributed by atoms with Crippen molar-refractivity contribution < 1.29 is 28.6 Å². The number of aliphatic hydroxyl groups is 1. The number of hydrogen-bond acceptors (Lipinski definition) is 4. The first kappa shape index (κ1) is 31.4. The summed E-state index contributed by atoms with van der Waals surface area (Å²) in [4.78, 5) is 26.1. The van der Waals surface area contributed by atoms with Crippen LogP contribution in [0.25, 0.3) is 11.1 Å². The van der Waals surface area contributed by atoms with Crippen molar-refractivity contribution in [2.45, 2.75) is 44.8 Å². The van der Waals surface area contributed by atoms with Crippen LogP contribution in [0.1, 0.15) is 52.7 Å². The number of hydrogen-bond donors (Lipinski definition) is 4. The highest BCUT2D eigenvalue weighted by Crippen LogP contribution is 2.46. The van der Waals surface area contributed by atoms with E-state index in [1.165, 1.54) is 24.3 Å². The van der Waals surface area contributed by atoms with E-state index in [0.717, 1.165) is 0 Å². The van der Waals surface area contributed by atoms with Gasteiger partial charge in [0, 0.05) is 42.7 Å². The smallest absolute Gasteiger partial charge is 0.404 e. The number of nitrogens with zero attached hydrogens (tertiary/aromatic N) is 1. The molecule has 0 spiro atoms. The number of rotatable bonds is 10. The second-order valence-electron chi connectivity index (χ2n) is 10.9. The van der Waals surface area contributed by atoms with Crippen molar-refractivity contribution >= 4 is 23.6 Å². The van der Waals surface area contributed by atoms with Crippen LogP contribution in [-0.4, -0.2) is 53.8 Å². The summed E-state index contributed by atoms with van der Waals surface area (Å²) < 4.78 is 29.5. The van der Waals surface area contributed by atoms with E-state index in [0.29, 0.717) is 65.2 Å². The van der Waals surface area contributed by atoms with Gasteiger partial charge in [0.1, 0.15) is 11.6 Å². The molecule has 0 unspecified atom stereocenters. The summed E-state index contributed by atoms with van der Waals surface area (Å²) in [5.74, 6) is -2.00. The minimum atomic E-state index is -1.56. The summed E-state index contributed by atoms with van der Waals surface area (Å²) >= 11 is 6.69. The SMILES string of the molecule is CNCc1ccc(C(=O)N2CCC[C@@H]([C@@](O)(CCCNC(=O)O)c3cccc(Cl)c3-c3cc(C)cc(F)c3)C2)c(F)c1. The van der Waals surface area contributed by atoms with Gasteiger partial charge in [-0.25, -0.2) is 13.6 Å². The number of carbonyl (C=O) groups excluding carboxylic acids is 1. The number of carbonyl (C=O) groups is 2. The lowest BCUT2D eigenvalue weighted by atomic mass is 9.72. The first-order valence-electron chi connectivity index (χ1n) is 14.0. The van der Waals surface area contributed by atoms with Crippen molar-refractivity contribution in [1.82, 2.24) is 15.5 Å². The Balaban J connectivity index is 1.72. The van der Waals surface area contributed by atoms with Crippen molar-refractivity contribution in [2.75, 3.05) is 26.7 Å². The molecule has 2 amide bonds. The predicted octanol–water partition coefficient (Wildman–Crippen LogP) is 6.10. The molecule has 1 saturated heterocycles. The molecule has 2 atom stereocenters. The number of nitrogens with one attached hydrogen (secondary N) is 2. The van der Waals surface area contributed by atoms with Gasteiger partial charge in [0.2, 0.25) is 0 Å². The molecular weight excluding hydrogens is 564 g/mol. The molecule has 3 aromatic rings. The number of benzene rings is 3. The standard InChI is InChI=1S/C32H36ClF2N3O4/c1-20-14-22(17-24(34)15-20)29-26(7-3-8-27(29)33)32(42,11-5-12-37-31(40)41)23-6-4-13-38(19-23)30(39)25-10-9-21(18-36-2)16-28(25)35/h3,7-10,14-17,23,36-37,42H,4-6,11-13,18-19H2,1-2H3,(H,40,41)/t23-,32+/m1/s1. The lowest BCUT2D eigenvalue weighted by Gasteiger charge is -2.44. The van der Waals surface area contributed by atoms with Crippen LogP contribution in [0.4, 0.5) is 13.6 Å². The van der Waals surface area contributed by atoms with E-state index in [9.17, 15) is 23.5 Å². The Bertz CT molecular complexity index is 1430. The molecular formula is C32H36ClF2N3O4. The van der Waals surface area contributed by atoms with Gasteiger partial charge in [0.05, 0.1) is 11.2 Å². The molecule has 0 saturated carbocycles. The Kier molecular flexibility index (Phi) is 10.2. The second-order valence-corrected chi connectivity index (χ2v) is 11.3. The van der Waals surface area contributed by atoms with E-state index in [4.69, 9.17) is 16.7 Å². The van der Waals surface area contributed by atoms with Gasteiger partial charge in [0.15, 0.2) is 0 Å². The fourth-order valence-electron chi connectivity index (χ4n) is 5.94. The number of halogens is 3. The molecule has 0 radical (unpaired) electrons.